The molecule has 1 aliphatic rings. The molecule has 1 aromatic rings. The summed E-state index contributed by atoms with van der Waals surface area (Å²) in [6, 6.07) is 2.95. The predicted octanol–water partition coefficient (Wildman–Crippen LogP) is 0.872. The highest BCUT2D eigenvalue weighted by molar-refractivity contribution is 6.29. The SMILES string of the molecule is O=C(NCC(=O)N1CCCCC1)c1ccc(Cl)nn1. The fraction of sp³-hybridized carbons (Fsp3) is 0.500. The second-order valence-corrected chi connectivity index (χ2v) is 4.75. The van der Waals surface area contributed by atoms with Crippen molar-refractivity contribution in [1.29, 1.82) is 0 Å². The number of amides is 2. The van der Waals surface area contributed by atoms with Gasteiger partial charge in [0.2, 0.25) is 5.91 Å². The van der Waals surface area contributed by atoms with Gasteiger partial charge in [-0.05, 0) is 31.4 Å². The zero-order valence-electron chi connectivity index (χ0n) is 10.4. The standard InChI is InChI=1S/C12H15ClN4O2/c13-10-5-4-9(15-16-10)12(19)14-8-11(18)17-6-2-1-3-7-17/h4-5H,1-3,6-8H2,(H,14,19). The monoisotopic (exact) mass is 282 g/mol. The van der Waals surface area contributed by atoms with Crippen molar-refractivity contribution in [3.8, 4) is 0 Å². The maximum atomic E-state index is 11.8. The van der Waals surface area contributed by atoms with Gasteiger partial charge in [0, 0.05) is 13.1 Å². The third-order valence-corrected chi connectivity index (χ3v) is 3.18. The summed E-state index contributed by atoms with van der Waals surface area (Å²) in [5.41, 5.74) is 0.149. The van der Waals surface area contributed by atoms with E-state index in [1.165, 1.54) is 12.1 Å². The van der Waals surface area contributed by atoms with Crippen molar-refractivity contribution in [1.82, 2.24) is 20.4 Å². The first-order valence-corrected chi connectivity index (χ1v) is 6.60. The molecule has 19 heavy (non-hydrogen) atoms. The van der Waals surface area contributed by atoms with Crippen LogP contribution >= 0.6 is 11.6 Å². The van der Waals surface area contributed by atoms with Crippen LogP contribution in [-0.2, 0) is 4.79 Å². The average molecular weight is 283 g/mol. The van der Waals surface area contributed by atoms with E-state index >= 15 is 0 Å². The van der Waals surface area contributed by atoms with Gasteiger partial charge >= 0.3 is 0 Å². The molecule has 102 valence electrons. The van der Waals surface area contributed by atoms with Gasteiger partial charge in [-0.25, -0.2) is 0 Å². The van der Waals surface area contributed by atoms with Crippen molar-refractivity contribution >= 4 is 23.4 Å². The van der Waals surface area contributed by atoms with Gasteiger partial charge in [0.1, 0.15) is 0 Å². The molecule has 1 aromatic heterocycles. The van der Waals surface area contributed by atoms with E-state index in [0.29, 0.717) is 0 Å². The van der Waals surface area contributed by atoms with Crippen molar-refractivity contribution in [3.63, 3.8) is 0 Å². The fourth-order valence-electron chi connectivity index (χ4n) is 1.94. The van der Waals surface area contributed by atoms with Crippen molar-refractivity contribution in [2.75, 3.05) is 19.6 Å². The molecule has 1 N–H and O–H groups in total. The van der Waals surface area contributed by atoms with Crippen LogP contribution in [0.2, 0.25) is 5.15 Å². The molecule has 0 atom stereocenters. The summed E-state index contributed by atoms with van der Waals surface area (Å²) in [6.07, 6.45) is 3.22. The fourth-order valence-corrected chi connectivity index (χ4v) is 2.04. The maximum Gasteiger partial charge on any atom is 0.272 e. The zero-order valence-corrected chi connectivity index (χ0v) is 11.2. The molecule has 2 rings (SSSR count). The number of hydrogen-bond acceptors (Lipinski definition) is 4. The molecule has 0 bridgehead atoms. The molecular weight excluding hydrogens is 268 g/mol. The van der Waals surface area contributed by atoms with Gasteiger partial charge in [0.15, 0.2) is 10.8 Å². The molecule has 0 saturated carbocycles. The molecule has 2 heterocycles. The van der Waals surface area contributed by atoms with Crippen LogP contribution in [0.3, 0.4) is 0 Å². The number of hydrogen-bond donors (Lipinski definition) is 1. The quantitative estimate of drug-likeness (QED) is 0.893. The summed E-state index contributed by atoms with van der Waals surface area (Å²) in [5.74, 6) is -0.482. The lowest BCUT2D eigenvalue weighted by Gasteiger charge is -2.26. The summed E-state index contributed by atoms with van der Waals surface area (Å²) in [5, 5.41) is 9.99. The van der Waals surface area contributed by atoms with E-state index in [4.69, 9.17) is 11.6 Å². The minimum absolute atomic E-state index is 0.0108. The van der Waals surface area contributed by atoms with Crippen molar-refractivity contribution < 1.29 is 9.59 Å². The number of piperidine rings is 1. The summed E-state index contributed by atoms with van der Waals surface area (Å²) < 4.78 is 0. The van der Waals surface area contributed by atoms with E-state index in [0.717, 1.165) is 32.4 Å². The van der Waals surface area contributed by atoms with Crippen LogP contribution in [0.4, 0.5) is 0 Å². The summed E-state index contributed by atoms with van der Waals surface area (Å²) in [6.45, 7) is 1.54. The van der Waals surface area contributed by atoms with E-state index in [-0.39, 0.29) is 23.3 Å². The summed E-state index contributed by atoms with van der Waals surface area (Å²) >= 11 is 5.58. The molecule has 2 amide bonds. The van der Waals surface area contributed by atoms with E-state index < -0.39 is 5.91 Å². The topological polar surface area (TPSA) is 75.2 Å². The van der Waals surface area contributed by atoms with Gasteiger partial charge in [-0.15, -0.1) is 10.2 Å². The van der Waals surface area contributed by atoms with Gasteiger partial charge in [-0.1, -0.05) is 11.6 Å². The highest BCUT2D eigenvalue weighted by Gasteiger charge is 2.17. The number of rotatable bonds is 3. The van der Waals surface area contributed by atoms with Gasteiger partial charge < -0.3 is 10.2 Å². The smallest absolute Gasteiger partial charge is 0.272 e. The number of carbonyl (C=O) groups excluding carboxylic acids is 2. The van der Waals surface area contributed by atoms with Crippen molar-refractivity contribution in [2.24, 2.45) is 0 Å². The minimum Gasteiger partial charge on any atom is -0.342 e. The number of aromatic nitrogens is 2. The van der Waals surface area contributed by atoms with Crippen LogP contribution < -0.4 is 5.32 Å². The van der Waals surface area contributed by atoms with Crippen LogP contribution in [-0.4, -0.2) is 46.5 Å². The van der Waals surface area contributed by atoms with Gasteiger partial charge in [0.25, 0.3) is 5.91 Å². The Labute approximate surface area is 116 Å². The lowest BCUT2D eigenvalue weighted by molar-refractivity contribution is -0.130. The van der Waals surface area contributed by atoms with Crippen molar-refractivity contribution in [2.45, 2.75) is 19.3 Å². The third-order valence-electron chi connectivity index (χ3n) is 2.97. The van der Waals surface area contributed by atoms with Crippen LogP contribution in [0.5, 0.6) is 0 Å². The van der Waals surface area contributed by atoms with Gasteiger partial charge in [-0.3, -0.25) is 9.59 Å². The highest BCUT2D eigenvalue weighted by atomic mass is 35.5. The summed E-state index contributed by atoms with van der Waals surface area (Å²) in [7, 11) is 0. The number of likely N-dealkylation sites (tertiary alicyclic amines) is 1. The molecule has 0 spiro atoms. The van der Waals surface area contributed by atoms with E-state index in [2.05, 4.69) is 15.5 Å². The Kier molecular flexibility index (Phi) is 4.68. The largest absolute Gasteiger partial charge is 0.342 e. The molecule has 6 nitrogen and oxygen atoms in total. The third kappa shape index (κ3) is 3.89. The number of nitrogens with zero attached hydrogens (tertiary/aromatic N) is 3. The molecule has 0 aliphatic carbocycles. The second-order valence-electron chi connectivity index (χ2n) is 4.37. The highest BCUT2D eigenvalue weighted by Crippen LogP contribution is 2.08. The first-order chi connectivity index (χ1) is 9.16. The Morgan fingerprint density at radius 1 is 1.21 bits per heavy atom. The second kappa shape index (κ2) is 6.47. The van der Waals surface area contributed by atoms with Gasteiger partial charge in [0.05, 0.1) is 6.54 Å². The predicted molar refractivity (Wildman–Crippen MR) is 69.8 cm³/mol. The Morgan fingerprint density at radius 2 is 1.95 bits per heavy atom. The number of halogens is 1. The Hall–Kier alpha value is -1.69. The molecule has 7 heteroatoms. The van der Waals surface area contributed by atoms with Crippen LogP contribution in [0.25, 0.3) is 0 Å². The van der Waals surface area contributed by atoms with E-state index in [1.54, 1.807) is 4.90 Å². The first-order valence-electron chi connectivity index (χ1n) is 6.22. The number of nitrogens with one attached hydrogen (secondary N) is 1. The van der Waals surface area contributed by atoms with Crippen LogP contribution in [0.15, 0.2) is 12.1 Å². The molecule has 0 aromatic carbocycles. The molecule has 0 unspecified atom stereocenters. The Morgan fingerprint density at radius 3 is 2.58 bits per heavy atom. The van der Waals surface area contributed by atoms with E-state index in [1.807, 2.05) is 0 Å². The first kappa shape index (κ1) is 13.7. The summed E-state index contributed by atoms with van der Waals surface area (Å²) in [4.78, 5) is 25.3. The van der Waals surface area contributed by atoms with E-state index in [9.17, 15) is 9.59 Å². The van der Waals surface area contributed by atoms with Crippen molar-refractivity contribution in [3.05, 3.63) is 23.0 Å². The van der Waals surface area contributed by atoms with Crippen LogP contribution in [0.1, 0.15) is 29.8 Å². The molecule has 0 radical (unpaired) electrons. The Balaban J connectivity index is 1.82. The molecular formula is C12H15ClN4O2. The maximum absolute atomic E-state index is 11.8. The van der Waals surface area contributed by atoms with Crippen LogP contribution in [0, 0.1) is 0 Å². The molecule has 1 aliphatic heterocycles. The zero-order chi connectivity index (χ0) is 13.7. The normalized spacial score (nSPS) is 15.1. The minimum atomic E-state index is -0.422. The molecule has 1 saturated heterocycles. The average Bonchev–Trinajstić information content (AvgIpc) is 2.46. The number of carbonyl (C=O) groups is 2. The Bertz CT molecular complexity index is 457. The lowest BCUT2D eigenvalue weighted by Crippen LogP contribution is -2.42. The van der Waals surface area contributed by atoms with Gasteiger partial charge in [-0.2, -0.15) is 0 Å². The lowest BCUT2D eigenvalue weighted by atomic mass is 10.1. The molecule has 1 fully saturated rings.